The summed E-state index contributed by atoms with van der Waals surface area (Å²) in [4.78, 5) is 8.94. The van der Waals surface area contributed by atoms with E-state index in [0.717, 1.165) is 49.6 Å². The molecule has 0 aromatic carbocycles. The molecule has 3 rings (SSSR count). The largest absolute Gasteiger partial charge is 0.393 e. The van der Waals surface area contributed by atoms with E-state index in [-0.39, 0.29) is 6.10 Å². The van der Waals surface area contributed by atoms with Crippen molar-refractivity contribution in [1.82, 2.24) is 14.4 Å². The molecule has 2 heterocycles. The lowest BCUT2D eigenvalue weighted by Crippen LogP contribution is -2.30. The first-order chi connectivity index (χ1) is 10.3. The molecule has 21 heavy (non-hydrogen) atoms. The molecule has 1 aliphatic carbocycles. The average Bonchev–Trinajstić information content (AvgIpc) is 2.95. The van der Waals surface area contributed by atoms with Gasteiger partial charge in [-0.05, 0) is 19.8 Å². The molecule has 2 unspecified atom stereocenters. The highest BCUT2D eigenvalue weighted by Gasteiger charge is 2.23. The minimum atomic E-state index is -0.195. The normalized spacial score (nSPS) is 22.4. The van der Waals surface area contributed by atoms with Crippen molar-refractivity contribution >= 4 is 17.3 Å². The number of anilines is 2. The van der Waals surface area contributed by atoms with Crippen LogP contribution in [0.4, 0.5) is 11.6 Å². The lowest BCUT2D eigenvalue weighted by atomic mass is 9.86. The monoisotopic (exact) mass is 289 g/mol. The summed E-state index contributed by atoms with van der Waals surface area (Å²) in [5.74, 6) is 1.91. The van der Waals surface area contributed by atoms with Gasteiger partial charge >= 0.3 is 0 Å². The third-order valence-electron chi connectivity index (χ3n) is 4.13. The molecule has 0 bridgehead atoms. The van der Waals surface area contributed by atoms with Crippen molar-refractivity contribution in [3.05, 3.63) is 18.6 Å². The molecule has 0 saturated heterocycles. The molecule has 0 radical (unpaired) electrons. The van der Waals surface area contributed by atoms with E-state index in [2.05, 4.69) is 20.6 Å². The van der Waals surface area contributed by atoms with Gasteiger partial charge in [-0.2, -0.15) is 0 Å². The van der Waals surface area contributed by atoms with E-state index < -0.39 is 0 Å². The number of aliphatic hydroxyl groups is 1. The van der Waals surface area contributed by atoms with Crippen LogP contribution in [0.2, 0.25) is 0 Å². The predicted molar refractivity (Wildman–Crippen MR) is 83.6 cm³/mol. The van der Waals surface area contributed by atoms with E-state index in [1.165, 1.54) is 6.42 Å². The van der Waals surface area contributed by atoms with Gasteiger partial charge in [-0.3, -0.25) is 0 Å². The lowest BCUT2D eigenvalue weighted by molar-refractivity contribution is 0.0763. The number of aromatic nitrogens is 3. The molecular formula is C15H23N5O. The molecule has 0 spiro atoms. The van der Waals surface area contributed by atoms with Crippen LogP contribution in [-0.4, -0.2) is 38.7 Å². The summed E-state index contributed by atoms with van der Waals surface area (Å²) in [5.41, 5.74) is 0.821. The Hall–Kier alpha value is -1.82. The van der Waals surface area contributed by atoms with Gasteiger partial charge in [0, 0.05) is 31.4 Å². The molecule has 0 amide bonds. The minimum Gasteiger partial charge on any atom is -0.393 e. The first-order valence-corrected chi connectivity index (χ1v) is 7.77. The highest BCUT2D eigenvalue weighted by Crippen LogP contribution is 2.25. The maximum absolute atomic E-state index is 10.1. The van der Waals surface area contributed by atoms with Crippen LogP contribution in [0.3, 0.4) is 0 Å². The van der Waals surface area contributed by atoms with Crippen molar-refractivity contribution in [3.8, 4) is 0 Å². The second kappa shape index (κ2) is 6.30. The molecule has 6 nitrogen and oxygen atoms in total. The quantitative estimate of drug-likeness (QED) is 0.786. The van der Waals surface area contributed by atoms with Crippen LogP contribution in [0.1, 0.15) is 32.6 Å². The van der Waals surface area contributed by atoms with Crippen LogP contribution in [0.15, 0.2) is 18.6 Å². The van der Waals surface area contributed by atoms with Crippen LogP contribution < -0.4 is 10.6 Å². The van der Waals surface area contributed by atoms with Gasteiger partial charge in [0.05, 0.1) is 12.3 Å². The van der Waals surface area contributed by atoms with Gasteiger partial charge in [-0.1, -0.05) is 12.8 Å². The maximum Gasteiger partial charge on any atom is 0.180 e. The fraction of sp³-hybridized carbons (Fsp3) is 0.600. The van der Waals surface area contributed by atoms with E-state index in [4.69, 9.17) is 0 Å². The summed E-state index contributed by atoms with van der Waals surface area (Å²) in [6.45, 7) is 3.62. The Balaban J connectivity index is 1.77. The van der Waals surface area contributed by atoms with Gasteiger partial charge in [-0.25, -0.2) is 9.97 Å². The smallest absolute Gasteiger partial charge is 0.180 e. The van der Waals surface area contributed by atoms with Crippen LogP contribution in [0.5, 0.6) is 0 Å². The number of hydrogen-bond acceptors (Lipinski definition) is 5. The number of nitrogens with one attached hydrogen (secondary N) is 2. The zero-order valence-electron chi connectivity index (χ0n) is 12.4. The standard InChI is InChI=1S/C15H23N5O/c1-2-16-13-10-20-8-7-17-15(20)14(19-13)18-9-11-5-3-4-6-12(11)21/h7-8,10-12,16,21H,2-6,9H2,1H3,(H,18,19). The highest BCUT2D eigenvalue weighted by atomic mass is 16.3. The van der Waals surface area contributed by atoms with Gasteiger partial charge in [0.1, 0.15) is 5.82 Å². The Morgan fingerprint density at radius 3 is 3.00 bits per heavy atom. The van der Waals surface area contributed by atoms with Crippen molar-refractivity contribution in [2.45, 2.75) is 38.7 Å². The minimum absolute atomic E-state index is 0.195. The van der Waals surface area contributed by atoms with E-state index in [0.29, 0.717) is 5.92 Å². The SMILES string of the molecule is CCNc1cn2ccnc2c(NCC2CCCCC2O)n1. The Kier molecular flexibility index (Phi) is 4.24. The summed E-state index contributed by atoms with van der Waals surface area (Å²) in [7, 11) is 0. The Bertz CT molecular complexity index is 597. The summed E-state index contributed by atoms with van der Waals surface area (Å²) in [5, 5.41) is 16.7. The molecule has 3 N–H and O–H groups in total. The molecule has 2 aromatic rings. The van der Waals surface area contributed by atoms with Crippen molar-refractivity contribution in [2.24, 2.45) is 5.92 Å². The Morgan fingerprint density at radius 2 is 2.19 bits per heavy atom. The second-order valence-electron chi connectivity index (χ2n) is 5.66. The molecule has 0 aliphatic heterocycles. The first kappa shape index (κ1) is 14.1. The molecular weight excluding hydrogens is 266 g/mol. The lowest BCUT2D eigenvalue weighted by Gasteiger charge is -2.27. The number of nitrogens with zero attached hydrogens (tertiary/aromatic N) is 3. The molecule has 2 atom stereocenters. The first-order valence-electron chi connectivity index (χ1n) is 7.77. The number of imidazole rings is 1. The third kappa shape index (κ3) is 3.10. The van der Waals surface area contributed by atoms with Crippen molar-refractivity contribution in [2.75, 3.05) is 23.7 Å². The zero-order valence-corrected chi connectivity index (χ0v) is 12.4. The summed E-state index contributed by atoms with van der Waals surface area (Å²) in [6, 6.07) is 0. The molecule has 1 saturated carbocycles. The van der Waals surface area contributed by atoms with Crippen molar-refractivity contribution < 1.29 is 5.11 Å². The van der Waals surface area contributed by atoms with Crippen LogP contribution in [-0.2, 0) is 0 Å². The van der Waals surface area contributed by atoms with E-state index >= 15 is 0 Å². The molecule has 1 fully saturated rings. The summed E-state index contributed by atoms with van der Waals surface area (Å²) >= 11 is 0. The highest BCUT2D eigenvalue weighted by molar-refractivity contribution is 5.65. The topological polar surface area (TPSA) is 74.5 Å². The fourth-order valence-corrected chi connectivity index (χ4v) is 2.97. The average molecular weight is 289 g/mol. The van der Waals surface area contributed by atoms with Gasteiger partial charge in [0.15, 0.2) is 11.5 Å². The van der Waals surface area contributed by atoms with Crippen LogP contribution >= 0.6 is 0 Å². The zero-order chi connectivity index (χ0) is 14.7. The third-order valence-corrected chi connectivity index (χ3v) is 4.13. The summed E-state index contributed by atoms with van der Waals surface area (Å²) in [6.07, 6.45) is 9.75. The van der Waals surface area contributed by atoms with Crippen molar-refractivity contribution in [3.63, 3.8) is 0 Å². The summed E-state index contributed by atoms with van der Waals surface area (Å²) < 4.78 is 1.96. The maximum atomic E-state index is 10.1. The molecule has 114 valence electrons. The second-order valence-corrected chi connectivity index (χ2v) is 5.66. The number of aliphatic hydroxyl groups excluding tert-OH is 1. The van der Waals surface area contributed by atoms with E-state index in [1.807, 2.05) is 23.7 Å². The Morgan fingerprint density at radius 1 is 1.33 bits per heavy atom. The van der Waals surface area contributed by atoms with Gasteiger partial charge in [0.2, 0.25) is 0 Å². The predicted octanol–water partition coefficient (Wildman–Crippen LogP) is 2.12. The van der Waals surface area contributed by atoms with E-state index in [9.17, 15) is 5.11 Å². The Labute approximate surface area is 124 Å². The number of hydrogen-bond donors (Lipinski definition) is 3. The van der Waals surface area contributed by atoms with Crippen LogP contribution in [0.25, 0.3) is 5.65 Å². The molecule has 1 aliphatic rings. The molecule has 6 heteroatoms. The number of fused-ring (bicyclic) bond motifs is 1. The fourth-order valence-electron chi connectivity index (χ4n) is 2.97. The van der Waals surface area contributed by atoms with Gasteiger partial charge in [0.25, 0.3) is 0 Å². The van der Waals surface area contributed by atoms with Gasteiger partial charge in [-0.15, -0.1) is 0 Å². The van der Waals surface area contributed by atoms with Crippen LogP contribution in [0, 0.1) is 5.92 Å². The van der Waals surface area contributed by atoms with Gasteiger partial charge < -0.3 is 20.1 Å². The number of rotatable bonds is 5. The van der Waals surface area contributed by atoms with E-state index in [1.54, 1.807) is 6.20 Å². The molecule has 2 aromatic heterocycles. The van der Waals surface area contributed by atoms with Crippen molar-refractivity contribution in [1.29, 1.82) is 0 Å².